The van der Waals surface area contributed by atoms with Crippen LogP contribution in [0.1, 0.15) is 34.2 Å². The molecule has 5 heteroatoms. The van der Waals surface area contributed by atoms with Crippen molar-refractivity contribution in [2.24, 2.45) is 0 Å². The maximum absolute atomic E-state index is 12.0. The highest BCUT2D eigenvalue weighted by Gasteiger charge is 2.13. The fourth-order valence-electron chi connectivity index (χ4n) is 1.80. The van der Waals surface area contributed by atoms with E-state index in [1.807, 2.05) is 30.3 Å². The zero-order valence-electron chi connectivity index (χ0n) is 11.8. The number of ether oxygens (including phenoxy) is 2. The Morgan fingerprint density at radius 3 is 2.67 bits per heavy atom. The molecule has 1 N–H and O–H groups in total. The molecule has 2 aromatic rings. The van der Waals surface area contributed by atoms with Crippen molar-refractivity contribution in [3.8, 4) is 5.75 Å². The molecule has 0 radical (unpaired) electrons. The molecule has 0 atom stereocenters. The first-order chi connectivity index (χ1) is 10.2. The Bertz CT molecular complexity index is 604. The topological polar surface area (TPSA) is 68.4 Å². The highest BCUT2D eigenvalue weighted by atomic mass is 16.5. The molecule has 0 bridgehead atoms. The maximum Gasteiger partial charge on any atom is 0.339 e. The van der Waals surface area contributed by atoms with E-state index in [0.717, 1.165) is 5.75 Å². The lowest BCUT2D eigenvalue weighted by Gasteiger charge is -2.04. The lowest BCUT2D eigenvalue weighted by Crippen LogP contribution is -2.07. The van der Waals surface area contributed by atoms with E-state index in [0.29, 0.717) is 17.9 Å². The van der Waals surface area contributed by atoms with Crippen LogP contribution in [0.5, 0.6) is 5.75 Å². The number of carbonyl (C=O) groups excluding carboxylic acids is 2. The van der Waals surface area contributed by atoms with Gasteiger partial charge in [-0.1, -0.05) is 18.2 Å². The molecule has 5 nitrogen and oxygen atoms in total. The van der Waals surface area contributed by atoms with Crippen LogP contribution in [0.2, 0.25) is 0 Å². The second-order valence-electron chi connectivity index (χ2n) is 4.36. The summed E-state index contributed by atoms with van der Waals surface area (Å²) in [6, 6.07) is 10.8. The third-order valence-electron chi connectivity index (χ3n) is 2.84. The number of H-pyrrole nitrogens is 1. The summed E-state index contributed by atoms with van der Waals surface area (Å²) < 4.78 is 10.3. The van der Waals surface area contributed by atoms with Crippen molar-refractivity contribution in [3.63, 3.8) is 0 Å². The number of benzene rings is 1. The summed E-state index contributed by atoms with van der Waals surface area (Å²) in [5.41, 5.74) is 0.735. The Morgan fingerprint density at radius 2 is 1.95 bits per heavy atom. The average Bonchev–Trinajstić information content (AvgIpc) is 2.98. The van der Waals surface area contributed by atoms with Crippen LogP contribution in [0.25, 0.3) is 0 Å². The van der Waals surface area contributed by atoms with Crippen LogP contribution in [0.4, 0.5) is 0 Å². The van der Waals surface area contributed by atoms with Gasteiger partial charge in [-0.15, -0.1) is 0 Å². The van der Waals surface area contributed by atoms with Crippen LogP contribution in [0.3, 0.4) is 0 Å². The van der Waals surface area contributed by atoms with Crippen molar-refractivity contribution in [3.05, 3.63) is 53.9 Å². The molecule has 1 aromatic heterocycles. The standard InChI is InChI=1S/C16H17NO4/c1-2-20-16(19)12-10-14(17-11-12)15(18)8-9-21-13-6-4-3-5-7-13/h3-7,10-11,17H,2,8-9H2,1H3. The van der Waals surface area contributed by atoms with Crippen molar-refractivity contribution in [2.75, 3.05) is 13.2 Å². The van der Waals surface area contributed by atoms with Gasteiger partial charge in [0.2, 0.25) is 0 Å². The van der Waals surface area contributed by atoms with Crippen LogP contribution in [-0.2, 0) is 4.74 Å². The molecular weight excluding hydrogens is 270 g/mol. The minimum absolute atomic E-state index is 0.110. The molecule has 110 valence electrons. The molecule has 0 unspecified atom stereocenters. The van der Waals surface area contributed by atoms with E-state index in [4.69, 9.17) is 9.47 Å². The van der Waals surface area contributed by atoms with E-state index < -0.39 is 5.97 Å². The molecule has 0 saturated heterocycles. The van der Waals surface area contributed by atoms with Gasteiger partial charge in [-0.2, -0.15) is 0 Å². The van der Waals surface area contributed by atoms with Crippen molar-refractivity contribution in [1.29, 1.82) is 0 Å². The molecule has 1 aromatic carbocycles. The Balaban J connectivity index is 1.85. The number of esters is 1. The molecular formula is C16H17NO4. The summed E-state index contributed by atoms with van der Waals surface area (Å²) in [6.45, 7) is 2.33. The van der Waals surface area contributed by atoms with Gasteiger partial charge in [0.05, 0.1) is 24.5 Å². The summed E-state index contributed by atoms with van der Waals surface area (Å²) >= 11 is 0. The zero-order chi connectivity index (χ0) is 15.1. The number of hydrogen-bond donors (Lipinski definition) is 1. The van der Waals surface area contributed by atoms with Gasteiger partial charge in [0, 0.05) is 12.6 Å². The van der Waals surface area contributed by atoms with E-state index in [2.05, 4.69) is 4.98 Å². The monoisotopic (exact) mass is 287 g/mol. The van der Waals surface area contributed by atoms with Gasteiger partial charge in [-0.05, 0) is 25.1 Å². The summed E-state index contributed by atoms with van der Waals surface area (Å²) in [5.74, 6) is 0.179. The maximum atomic E-state index is 12.0. The lowest BCUT2D eigenvalue weighted by molar-refractivity contribution is 0.0526. The summed E-state index contributed by atoms with van der Waals surface area (Å²) in [7, 11) is 0. The molecule has 1 heterocycles. The minimum atomic E-state index is -0.437. The fraction of sp³-hybridized carbons (Fsp3) is 0.250. The number of rotatable bonds is 7. The highest BCUT2D eigenvalue weighted by molar-refractivity contribution is 5.98. The Kier molecular flexibility index (Phi) is 5.15. The molecule has 0 aliphatic rings. The van der Waals surface area contributed by atoms with Crippen LogP contribution >= 0.6 is 0 Å². The molecule has 0 aliphatic carbocycles. The first-order valence-corrected chi connectivity index (χ1v) is 6.77. The molecule has 0 fully saturated rings. The average molecular weight is 287 g/mol. The van der Waals surface area contributed by atoms with Crippen molar-refractivity contribution < 1.29 is 19.1 Å². The van der Waals surface area contributed by atoms with Crippen LogP contribution < -0.4 is 4.74 Å². The quantitative estimate of drug-likeness (QED) is 0.628. The number of aromatic nitrogens is 1. The number of aromatic amines is 1. The number of hydrogen-bond acceptors (Lipinski definition) is 4. The third-order valence-corrected chi connectivity index (χ3v) is 2.84. The Hall–Kier alpha value is -2.56. The Labute approximate surface area is 122 Å². The van der Waals surface area contributed by atoms with Gasteiger partial charge in [0.25, 0.3) is 0 Å². The van der Waals surface area contributed by atoms with E-state index in [-0.39, 0.29) is 18.8 Å². The van der Waals surface area contributed by atoms with Gasteiger partial charge >= 0.3 is 5.97 Å². The molecule has 21 heavy (non-hydrogen) atoms. The van der Waals surface area contributed by atoms with E-state index in [9.17, 15) is 9.59 Å². The SMILES string of the molecule is CCOC(=O)c1c[nH]c(C(=O)CCOc2ccccc2)c1. The number of Topliss-reactive ketones (excluding diaryl/α,β-unsaturated/α-hetero) is 1. The van der Waals surface area contributed by atoms with Gasteiger partial charge in [-0.25, -0.2) is 4.79 Å². The third kappa shape index (κ3) is 4.21. The second kappa shape index (κ2) is 7.28. The fourth-order valence-corrected chi connectivity index (χ4v) is 1.80. The summed E-state index contributed by atoms with van der Waals surface area (Å²) in [6.07, 6.45) is 1.71. The predicted octanol–water partition coefficient (Wildman–Crippen LogP) is 2.84. The normalized spacial score (nSPS) is 10.1. The first kappa shape index (κ1) is 14.8. The minimum Gasteiger partial charge on any atom is -0.493 e. The summed E-state index contributed by atoms with van der Waals surface area (Å²) in [5, 5.41) is 0. The first-order valence-electron chi connectivity index (χ1n) is 6.77. The second-order valence-corrected chi connectivity index (χ2v) is 4.36. The zero-order valence-corrected chi connectivity index (χ0v) is 11.8. The Morgan fingerprint density at radius 1 is 1.19 bits per heavy atom. The van der Waals surface area contributed by atoms with E-state index in [1.54, 1.807) is 6.92 Å². The van der Waals surface area contributed by atoms with E-state index >= 15 is 0 Å². The van der Waals surface area contributed by atoms with Crippen molar-refractivity contribution in [2.45, 2.75) is 13.3 Å². The van der Waals surface area contributed by atoms with E-state index in [1.165, 1.54) is 12.3 Å². The molecule has 0 spiro atoms. The van der Waals surface area contributed by atoms with Crippen molar-refractivity contribution in [1.82, 2.24) is 4.98 Å². The highest BCUT2D eigenvalue weighted by Crippen LogP contribution is 2.11. The van der Waals surface area contributed by atoms with Crippen LogP contribution in [0, 0.1) is 0 Å². The van der Waals surface area contributed by atoms with Gasteiger partial charge in [0.15, 0.2) is 5.78 Å². The molecule has 0 amide bonds. The molecule has 0 saturated carbocycles. The number of carbonyl (C=O) groups is 2. The number of ketones is 1. The molecule has 2 rings (SSSR count). The van der Waals surface area contributed by atoms with Crippen molar-refractivity contribution >= 4 is 11.8 Å². The van der Waals surface area contributed by atoms with Gasteiger partial charge in [-0.3, -0.25) is 4.79 Å². The van der Waals surface area contributed by atoms with Crippen LogP contribution in [-0.4, -0.2) is 30.0 Å². The smallest absolute Gasteiger partial charge is 0.339 e. The number of nitrogens with one attached hydrogen (secondary N) is 1. The molecule has 0 aliphatic heterocycles. The summed E-state index contributed by atoms with van der Waals surface area (Å²) in [4.78, 5) is 26.3. The van der Waals surface area contributed by atoms with Crippen LogP contribution in [0.15, 0.2) is 42.6 Å². The van der Waals surface area contributed by atoms with Gasteiger partial charge in [0.1, 0.15) is 5.75 Å². The largest absolute Gasteiger partial charge is 0.493 e. The number of para-hydroxylation sites is 1. The predicted molar refractivity (Wildman–Crippen MR) is 77.6 cm³/mol. The lowest BCUT2D eigenvalue weighted by atomic mass is 10.2. The van der Waals surface area contributed by atoms with Gasteiger partial charge < -0.3 is 14.5 Å².